The summed E-state index contributed by atoms with van der Waals surface area (Å²) in [7, 11) is 1.67. The summed E-state index contributed by atoms with van der Waals surface area (Å²) in [5.41, 5.74) is 0.334. The van der Waals surface area contributed by atoms with Crippen molar-refractivity contribution in [1.82, 2.24) is 10.6 Å². The highest BCUT2D eigenvalue weighted by atomic mass is 35.5. The third-order valence-corrected chi connectivity index (χ3v) is 4.02. The van der Waals surface area contributed by atoms with Gasteiger partial charge in [-0.05, 0) is 25.5 Å². The first-order valence-corrected chi connectivity index (χ1v) is 8.64. The zero-order valence-corrected chi connectivity index (χ0v) is 15.9. The molecule has 1 unspecified atom stereocenters. The lowest BCUT2D eigenvalue weighted by atomic mass is 10.3. The largest absolute Gasteiger partial charge is 0.335 e. The van der Waals surface area contributed by atoms with Gasteiger partial charge in [0.05, 0.1) is 22.8 Å². The standard InChI is InChI=1S/C16H22Cl2N4O3/c1-4-10(2)19-16(25)21-14(24)9-22(3)8-13(23)20-15-11(17)6-5-7-12(15)18/h5-7,10H,4,8-9H2,1-3H3,(H,20,23)(H2,19,21,24,25)/p+1/t10-/m0/s1. The van der Waals surface area contributed by atoms with Gasteiger partial charge in [0.2, 0.25) is 0 Å². The summed E-state index contributed by atoms with van der Waals surface area (Å²) in [6.45, 7) is 3.75. The second-order valence-electron chi connectivity index (χ2n) is 5.79. The smallest absolute Gasteiger partial charge is 0.321 e. The van der Waals surface area contributed by atoms with Crippen LogP contribution in [0.1, 0.15) is 20.3 Å². The van der Waals surface area contributed by atoms with Gasteiger partial charge in [-0.1, -0.05) is 36.2 Å². The van der Waals surface area contributed by atoms with Gasteiger partial charge in [0.15, 0.2) is 13.1 Å². The molecule has 0 aromatic heterocycles. The molecule has 0 fully saturated rings. The molecule has 1 aromatic rings. The van der Waals surface area contributed by atoms with E-state index in [1.807, 2.05) is 13.8 Å². The summed E-state index contributed by atoms with van der Waals surface area (Å²) < 4.78 is 0. The molecule has 0 saturated carbocycles. The molecule has 0 aliphatic carbocycles. The Labute approximate surface area is 157 Å². The minimum Gasteiger partial charge on any atom is -0.335 e. The van der Waals surface area contributed by atoms with E-state index in [1.54, 1.807) is 25.2 Å². The maximum Gasteiger partial charge on any atom is 0.321 e. The Morgan fingerprint density at radius 2 is 1.68 bits per heavy atom. The van der Waals surface area contributed by atoms with Gasteiger partial charge in [-0.15, -0.1) is 0 Å². The lowest BCUT2D eigenvalue weighted by Crippen LogP contribution is -3.11. The van der Waals surface area contributed by atoms with Crippen molar-refractivity contribution >= 4 is 46.7 Å². The van der Waals surface area contributed by atoms with Gasteiger partial charge in [-0.2, -0.15) is 0 Å². The zero-order valence-electron chi connectivity index (χ0n) is 14.4. The van der Waals surface area contributed by atoms with Crippen LogP contribution in [-0.2, 0) is 9.59 Å². The van der Waals surface area contributed by atoms with E-state index in [0.717, 1.165) is 6.42 Å². The van der Waals surface area contributed by atoms with E-state index >= 15 is 0 Å². The number of anilines is 1. The molecule has 0 aliphatic rings. The number of quaternary nitrogens is 1. The van der Waals surface area contributed by atoms with Crippen molar-refractivity contribution in [1.29, 1.82) is 0 Å². The molecule has 4 N–H and O–H groups in total. The Morgan fingerprint density at radius 3 is 2.24 bits per heavy atom. The van der Waals surface area contributed by atoms with Crippen molar-refractivity contribution in [3.63, 3.8) is 0 Å². The minimum atomic E-state index is -0.542. The fraction of sp³-hybridized carbons (Fsp3) is 0.438. The fourth-order valence-electron chi connectivity index (χ4n) is 1.94. The number of para-hydroxylation sites is 1. The zero-order chi connectivity index (χ0) is 19.0. The maximum atomic E-state index is 12.1. The Hall–Kier alpha value is -1.83. The lowest BCUT2D eigenvalue weighted by molar-refractivity contribution is -0.862. The second-order valence-corrected chi connectivity index (χ2v) is 6.60. The second kappa shape index (κ2) is 10.2. The number of rotatable bonds is 7. The normalized spacial score (nSPS) is 12.8. The van der Waals surface area contributed by atoms with Crippen LogP contribution < -0.4 is 20.9 Å². The quantitative estimate of drug-likeness (QED) is 0.561. The molecule has 0 radical (unpaired) electrons. The summed E-state index contributed by atoms with van der Waals surface area (Å²) in [5, 5.41) is 8.15. The van der Waals surface area contributed by atoms with Crippen molar-refractivity contribution in [3.8, 4) is 0 Å². The molecule has 9 heteroatoms. The number of amides is 4. The highest BCUT2D eigenvalue weighted by molar-refractivity contribution is 6.39. The number of likely N-dealkylation sites (N-methyl/N-ethyl adjacent to an activating group) is 1. The third-order valence-electron chi connectivity index (χ3n) is 3.39. The average Bonchev–Trinajstić information content (AvgIpc) is 2.50. The van der Waals surface area contributed by atoms with Crippen LogP contribution in [0.4, 0.5) is 10.5 Å². The van der Waals surface area contributed by atoms with E-state index < -0.39 is 11.9 Å². The number of carbonyl (C=O) groups is 3. The van der Waals surface area contributed by atoms with Crippen molar-refractivity contribution in [2.24, 2.45) is 0 Å². The van der Waals surface area contributed by atoms with Crippen LogP contribution in [0.5, 0.6) is 0 Å². The van der Waals surface area contributed by atoms with Crippen LogP contribution >= 0.6 is 23.2 Å². The number of nitrogens with one attached hydrogen (secondary N) is 4. The number of hydrogen-bond acceptors (Lipinski definition) is 3. The number of carbonyl (C=O) groups excluding carboxylic acids is 3. The van der Waals surface area contributed by atoms with Crippen LogP contribution in [0.3, 0.4) is 0 Å². The third kappa shape index (κ3) is 7.72. The molecule has 1 aromatic carbocycles. The Morgan fingerprint density at radius 1 is 1.12 bits per heavy atom. The van der Waals surface area contributed by atoms with E-state index in [9.17, 15) is 14.4 Å². The van der Waals surface area contributed by atoms with E-state index in [-0.39, 0.29) is 25.0 Å². The van der Waals surface area contributed by atoms with Gasteiger partial charge in [0.1, 0.15) is 0 Å². The topological polar surface area (TPSA) is 91.7 Å². The molecule has 0 aliphatic heterocycles. The molecule has 138 valence electrons. The van der Waals surface area contributed by atoms with Gasteiger partial charge >= 0.3 is 6.03 Å². The Bertz CT molecular complexity index is 620. The first-order chi connectivity index (χ1) is 11.7. The van der Waals surface area contributed by atoms with Gasteiger partial charge in [-0.25, -0.2) is 4.79 Å². The predicted molar refractivity (Wildman–Crippen MR) is 98.1 cm³/mol. The van der Waals surface area contributed by atoms with Crippen LogP contribution in [-0.4, -0.2) is 44.0 Å². The molecule has 4 amide bonds. The van der Waals surface area contributed by atoms with Crippen molar-refractivity contribution in [3.05, 3.63) is 28.2 Å². The first-order valence-electron chi connectivity index (χ1n) is 7.88. The lowest BCUT2D eigenvalue weighted by Gasteiger charge is -2.15. The van der Waals surface area contributed by atoms with E-state index in [0.29, 0.717) is 20.6 Å². The molecule has 0 saturated heterocycles. The molecule has 2 atom stereocenters. The maximum absolute atomic E-state index is 12.1. The van der Waals surface area contributed by atoms with E-state index in [4.69, 9.17) is 23.2 Å². The predicted octanol–water partition coefficient (Wildman–Crippen LogP) is 1.07. The molecule has 7 nitrogen and oxygen atoms in total. The van der Waals surface area contributed by atoms with Crippen LogP contribution in [0.15, 0.2) is 18.2 Å². The van der Waals surface area contributed by atoms with E-state index in [1.165, 1.54) is 0 Å². The number of imide groups is 1. The average molecular weight is 390 g/mol. The number of halogens is 2. The molecule has 1 rings (SSSR count). The van der Waals surface area contributed by atoms with Crippen molar-refractivity contribution in [2.45, 2.75) is 26.3 Å². The van der Waals surface area contributed by atoms with Gasteiger partial charge in [-0.3, -0.25) is 14.9 Å². The first kappa shape index (κ1) is 21.2. The monoisotopic (exact) mass is 389 g/mol. The molecular weight excluding hydrogens is 367 g/mol. The van der Waals surface area contributed by atoms with E-state index in [2.05, 4.69) is 16.0 Å². The number of hydrogen-bond donors (Lipinski definition) is 4. The van der Waals surface area contributed by atoms with Gasteiger partial charge < -0.3 is 15.5 Å². The Balaban J connectivity index is 2.45. The highest BCUT2D eigenvalue weighted by Crippen LogP contribution is 2.29. The number of urea groups is 1. The summed E-state index contributed by atoms with van der Waals surface area (Å²) in [6.07, 6.45) is 0.761. The molecular formula is C16H23Cl2N4O3+. The highest BCUT2D eigenvalue weighted by Gasteiger charge is 2.18. The van der Waals surface area contributed by atoms with Gasteiger partial charge in [0, 0.05) is 6.04 Å². The molecule has 0 heterocycles. The van der Waals surface area contributed by atoms with Crippen LogP contribution in [0.25, 0.3) is 0 Å². The van der Waals surface area contributed by atoms with Crippen LogP contribution in [0.2, 0.25) is 10.0 Å². The molecule has 0 spiro atoms. The molecule has 0 bridgehead atoms. The summed E-state index contributed by atoms with van der Waals surface area (Å²) in [4.78, 5) is 36.1. The van der Waals surface area contributed by atoms with Crippen LogP contribution in [0, 0.1) is 0 Å². The summed E-state index contributed by atoms with van der Waals surface area (Å²) in [6, 6.07) is 4.33. The summed E-state index contributed by atoms with van der Waals surface area (Å²) >= 11 is 12.0. The summed E-state index contributed by atoms with van der Waals surface area (Å²) in [5.74, 6) is -0.814. The van der Waals surface area contributed by atoms with Crippen molar-refractivity contribution < 1.29 is 19.3 Å². The fourth-order valence-corrected chi connectivity index (χ4v) is 2.44. The van der Waals surface area contributed by atoms with Crippen molar-refractivity contribution in [2.75, 3.05) is 25.5 Å². The SMILES string of the molecule is CC[C@H](C)NC(=O)NC(=O)C[NH+](C)CC(=O)Nc1c(Cl)cccc1Cl. The Kier molecular flexibility index (Phi) is 8.68. The number of benzene rings is 1. The minimum absolute atomic E-state index is 0.0158. The van der Waals surface area contributed by atoms with Gasteiger partial charge in [0.25, 0.3) is 11.8 Å². The molecule has 25 heavy (non-hydrogen) atoms.